The number of nitrogens with one attached hydrogen (secondary N) is 1. The molecule has 0 bridgehead atoms. The Morgan fingerprint density at radius 1 is 1.26 bits per heavy atom. The molecular formula is C20H25ClN2O4. The highest BCUT2D eigenvalue weighted by atomic mass is 35.5. The Morgan fingerprint density at radius 2 is 2.04 bits per heavy atom. The summed E-state index contributed by atoms with van der Waals surface area (Å²) < 4.78 is 16.9. The lowest BCUT2D eigenvalue weighted by Crippen LogP contribution is -2.37. The lowest BCUT2D eigenvalue weighted by atomic mass is 10.1. The van der Waals surface area contributed by atoms with Gasteiger partial charge < -0.3 is 19.2 Å². The Morgan fingerprint density at radius 3 is 2.74 bits per heavy atom. The molecule has 2 aromatic rings. The van der Waals surface area contributed by atoms with Gasteiger partial charge in [0.2, 0.25) is 0 Å². The minimum absolute atomic E-state index is 0.0326. The molecule has 0 saturated heterocycles. The molecular weight excluding hydrogens is 368 g/mol. The van der Waals surface area contributed by atoms with Gasteiger partial charge >= 0.3 is 0 Å². The zero-order valence-corrected chi connectivity index (χ0v) is 16.4. The number of fused-ring (bicyclic) bond motifs is 1. The quantitative estimate of drug-likeness (QED) is 0.774. The number of nitrogens with zero attached hydrogens (tertiary/aromatic N) is 1. The fraction of sp³-hybridized carbons (Fsp3) is 0.450. The van der Waals surface area contributed by atoms with Crippen LogP contribution in [0.3, 0.4) is 0 Å². The number of benzene rings is 1. The number of carbonyl (C=O) groups excluding carboxylic acids is 1. The monoisotopic (exact) mass is 392 g/mol. The molecule has 1 atom stereocenters. The van der Waals surface area contributed by atoms with Crippen LogP contribution in [0.2, 0.25) is 5.02 Å². The van der Waals surface area contributed by atoms with Gasteiger partial charge in [-0.1, -0.05) is 25.4 Å². The highest BCUT2D eigenvalue weighted by molar-refractivity contribution is 6.32. The van der Waals surface area contributed by atoms with Gasteiger partial charge in [-0.05, 0) is 37.4 Å². The second kappa shape index (κ2) is 9.15. The number of hydrogen-bond acceptors (Lipinski definition) is 5. The smallest absolute Gasteiger partial charge is 0.251 e. The van der Waals surface area contributed by atoms with E-state index in [0.29, 0.717) is 41.8 Å². The maximum Gasteiger partial charge on any atom is 0.251 e. The zero-order chi connectivity index (χ0) is 19.2. The molecule has 0 saturated carbocycles. The van der Waals surface area contributed by atoms with Crippen LogP contribution < -0.4 is 14.8 Å². The number of ether oxygens (including phenoxy) is 2. The van der Waals surface area contributed by atoms with Gasteiger partial charge in [0, 0.05) is 18.5 Å². The molecule has 0 aliphatic carbocycles. The number of halogens is 1. The van der Waals surface area contributed by atoms with E-state index in [4.69, 9.17) is 25.5 Å². The fourth-order valence-corrected chi connectivity index (χ4v) is 3.47. The summed E-state index contributed by atoms with van der Waals surface area (Å²) in [4.78, 5) is 15.0. The number of hydrogen-bond donors (Lipinski definition) is 1. The molecule has 2 heterocycles. The van der Waals surface area contributed by atoms with Crippen molar-refractivity contribution >= 4 is 17.5 Å². The van der Waals surface area contributed by atoms with Crippen molar-refractivity contribution in [2.24, 2.45) is 0 Å². The molecule has 6 nitrogen and oxygen atoms in total. The van der Waals surface area contributed by atoms with E-state index in [2.05, 4.69) is 24.1 Å². The highest BCUT2D eigenvalue weighted by Crippen LogP contribution is 2.38. The molecule has 7 heteroatoms. The summed E-state index contributed by atoms with van der Waals surface area (Å²) in [6.45, 7) is 7.40. The molecule has 0 radical (unpaired) electrons. The second-order valence-corrected chi connectivity index (χ2v) is 6.71. The summed E-state index contributed by atoms with van der Waals surface area (Å²) >= 11 is 6.29. The third kappa shape index (κ3) is 4.57. The second-order valence-electron chi connectivity index (χ2n) is 6.30. The van der Waals surface area contributed by atoms with Crippen LogP contribution in [0.5, 0.6) is 11.5 Å². The predicted octanol–water partition coefficient (Wildman–Crippen LogP) is 3.91. The number of rotatable bonds is 7. The first-order valence-corrected chi connectivity index (χ1v) is 9.66. The van der Waals surface area contributed by atoms with Crippen molar-refractivity contribution in [2.45, 2.75) is 26.3 Å². The number of amides is 1. The molecule has 146 valence electrons. The SMILES string of the molecule is CCN(CC)[C@@H](CNC(=O)c1cc(Cl)c2c(c1)OCCCO2)c1ccco1. The van der Waals surface area contributed by atoms with Crippen molar-refractivity contribution in [3.63, 3.8) is 0 Å². The predicted molar refractivity (Wildman–Crippen MR) is 104 cm³/mol. The summed E-state index contributed by atoms with van der Waals surface area (Å²) in [5.41, 5.74) is 0.446. The number of carbonyl (C=O) groups is 1. The first-order valence-electron chi connectivity index (χ1n) is 9.28. The third-order valence-electron chi connectivity index (χ3n) is 4.65. The van der Waals surface area contributed by atoms with Gasteiger partial charge in [-0.15, -0.1) is 0 Å². The van der Waals surface area contributed by atoms with Crippen molar-refractivity contribution in [3.05, 3.63) is 46.9 Å². The van der Waals surface area contributed by atoms with Crippen molar-refractivity contribution in [1.29, 1.82) is 0 Å². The average molecular weight is 393 g/mol. The molecule has 1 aromatic carbocycles. The number of likely N-dealkylation sites (N-methyl/N-ethyl adjacent to an activating group) is 1. The van der Waals surface area contributed by atoms with Crippen LogP contribution in [0.1, 0.15) is 42.4 Å². The van der Waals surface area contributed by atoms with Gasteiger partial charge in [0.15, 0.2) is 11.5 Å². The van der Waals surface area contributed by atoms with Gasteiger partial charge in [0.25, 0.3) is 5.91 Å². The lowest BCUT2D eigenvalue weighted by Gasteiger charge is -2.28. The Bertz CT molecular complexity index is 760. The van der Waals surface area contributed by atoms with E-state index < -0.39 is 0 Å². The van der Waals surface area contributed by atoms with Crippen molar-refractivity contribution in [3.8, 4) is 11.5 Å². The molecule has 1 aliphatic rings. The molecule has 0 unspecified atom stereocenters. The zero-order valence-electron chi connectivity index (χ0n) is 15.7. The molecule has 1 amide bonds. The van der Waals surface area contributed by atoms with E-state index in [9.17, 15) is 4.79 Å². The maximum absolute atomic E-state index is 12.7. The van der Waals surface area contributed by atoms with Crippen molar-refractivity contribution < 1.29 is 18.7 Å². The fourth-order valence-electron chi connectivity index (χ4n) is 3.21. The van der Waals surface area contributed by atoms with Gasteiger partial charge in [0.05, 0.1) is 30.5 Å². The Kier molecular flexibility index (Phi) is 6.63. The summed E-state index contributed by atoms with van der Waals surface area (Å²) in [6.07, 6.45) is 2.43. The van der Waals surface area contributed by atoms with Gasteiger partial charge in [-0.25, -0.2) is 0 Å². The van der Waals surface area contributed by atoms with E-state index in [1.165, 1.54) is 0 Å². The lowest BCUT2D eigenvalue weighted by molar-refractivity contribution is 0.0929. The molecule has 3 rings (SSSR count). The molecule has 1 N–H and O–H groups in total. The Balaban J connectivity index is 1.74. The van der Waals surface area contributed by atoms with Crippen LogP contribution in [0.4, 0.5) is 0 Å². The minimum Gasteiger partial charge on any atom is -0.489 e. The third-order valence-corrected chi connectivity index (χ3v) is 4.93. The number of furan rings is 1. The molecule has 1 aromatic heterocycles. The Hall–Kier alpha value is -2.18. The first-order chi connectivity index (χ1) is 13.1. The van der Waals surface area contributed by atoms with E-state index in [-0.39, 0.29) is 11.9 Å². The largest absolute Gasteiger partial charge is 0.489 e. The van der Waals surface area contributed by atoms with Gasteiger partial charge in [0.1, 0.15) is 5.76 Å². The highest BCUT2D eigenvalue weighted by Gasteiger charge is 2.23. The van der Waals surface area contributed by atoms with Crippen molar-refractivity contribution in [1.82, 2.24) is 10.2 Å². The topological polar surface area (TPSA) is 63.9 Å². The van der Waals surface area contributed by atoms with Crippen LogP contribution >= 0.6 is 11.6 Å². The summed E-state index contributed by atoms with van der Waals surface area (Å²) in [7, 11) is 0. The van der Waals surface area contributed by atoms with Crippen LogP contribution in [-0.4, -0.2) is 43.7 Å². The summed E-state index contributed by atoms with van der Waals surface area (Å²) in [6, 6.07) is 7.05. The summed E-state index contributed by atoms with van der Waals surface area (Å²) in [5.74, 6) is 1.63. The van der Waals surface area contributed by atoms with E-state index in [0.717, 1.165) is 25.3 Å². The van der Waals surface area contributed by atoms with E-state index in [1.807, 2.05) is 12.1 Å². The molecule has 27 heavy (non-hydrogen) atoms. The van der Waals surface area contributed by atoms with Crippen LogP contribution in [0.25, 0.3) is 0 Å². The van der Waals surface area contributed by atoms with Crippen LogP contribution in [0, 0.1) is 0 Å². The van der Waals surface area contributed by atoms with E-state index >= 15 is 0 Å². The van der Waals surface area contributed by atoms with Crippen molar-refractivity contribution in [2.75, 3.05) is 32.8 Å². The molecule has 0 fully saturated rings. The maximum atomic E-state index is 12.7. The van der Waals surface area contributed by atoms with Gasteiger partial charge in [-0.2, -0.15) is 0 Å². The van der Waals surface area contributed by atoms with E-state index in [1.54, 1.807) is 18.4 Å². The van der Waals surface area contributed by atoms with Crippen LogP contribution in [-0.2, 0) is 0 Å². The summed E-state index contributed by atoms with van der Waals surface area (Å²) in [5, 5.41) is 3.37. The average Bonchev–Trinajstić information content (AvgIpc) is 3.09. The standard InChI is InChI=1S/C20H25ClN2O4/c1-3-23(4-2)16(17-7-5-8-25-17)13-22-20(24)14-11-15(21)19-18(12-14)26-9-6-10-27-19/h5,7-8,11-12,16H,3-4,6,9-10,13H2,1-2H3,(H,22,24)/t16-/m0/s1. The minimum atomic E-state index is -0.212. The van der Waals surface area contributed by atoms with Crippen LogP contribution in [0.15, 0.2) is 34.9 Å². The van der Waals surface area contributed by atoms with Gasteiger partial charge in [-0.3, -0.25) is 9.69 Å². The Labute approximate surface area is 164 Å². The first kappa shape index (κ1) is 19.6. The normalized spacial score (nSPS) is 14.7. The molecule has 1 aliphatic heterocycles. The molecule has 0 spiro atoms.